The number of aliphatic hydroxyl groups is 1. The molecule has 2 aliphatic rings. The molecule has 1 saturated heterocycles. The van der Waals surface area contributed by atoms with Crippen LogP contribution < -0.4 is 10.6 Å². The van der Waals surface area contributed by atoms with Crippen molar-refractivity contribution in [3.63, 3.8) is 0 Å². The summed E-state index contributed by atoms with van der Waals surface area (Å²) in [6.45, 7) is 0.424. The molecule has 1 aromatic carbocycles. The first-order valence-electron chi connectivity index (χ1n) is 7.44. The van der Waals surface area contributed by atoms with Crippen LogP contribution in [-0.4, -0.2) is 30.2 Å². The molecule has 2 amide bonds. The highest BCUT2D eigenvalue weighted by Crippen LogP contribution is 2.41. The van der Waals surface area contributed by atoms with Crippen LogP contribution in [0.3, 0.4) is 0 Å². The topological polar surface area (TPSA) is 78.4 Å². The van der Waals surface area contributed by atoms with E-state index < -0.39 is 0 Å². The lowest BCUT2D eigenvalue weighted by Gasteiger charge is -2.39. The minimum atomic E-state index is -0.362. The van der Waals surface area contributed by atoms with Gasteiger partial charge >= 0.3 is 0 Å². The lowest BCUT2D eigenvalue weighted by Crippen LogP contribution is -2.48. The van der Waals surface area contributed by atoms with Crippen LogP contribution in [0.4, 0.5) is 0 Å². The number of carbonyl (C=O) groups excluding carboxylic acids is 2. The largest absolute Gasteiger partial charge is 0.376 e. The summed E-state index contributed by atoms with van der Waals surface area (Å²) in [5.74, 6) is -0.0857. The Labute approximate surface area is 123 Å². The standard InChI is InChI=1S/C16H20N2O3/c19-10-18-14(20)12-2-3-13-9-16(6-4-11(13)8-12)5-1-7-17-15(16)21/h2-3,8,19H,1,4-7,9-10H2,(H,17,21)(H,18,20)/t16-/m1/s1. The molecule has 0 bridgehead atoms. The van der Waals surface area contributed by atoms with E-state index in [2.05, 4.69) is 10.6 Å². The molecule has 1 atom stereocenters. The summed E-state index contributed by atoms with van der Waals surface area (Å²) in [6.07, 6.45) is 4.42. The summed E-state index contributed by atoms with van der Waals surface area (Å²) in [6, 6.07) is 5.60. The summed E-state index contributed by atoms with van der Waals surface area (Å²) >= 11 is 0. The highest BCUT2D eigenvalue weighted by atomic mass is 16.3. The Bertz CT molecular complexity index is 585. The van der Waals surface area contributed by atoms with E-state index in [0.29, 0.717) is 5.56 Å². The Morgan fingerprint density at radius 2 is 2.19 bits per heavy atom. The monoisotopic (exact) mass is 288 g/mol. The summed E-state index contributed by atoms with van der Waals surface area (Å²) in [5, 5.41) is 14.1. The van der Waals surface area contributed by atoms with Gasteiger partial charge in [-0.15, -0.1) is 0 Å². The second kappa shape index (κ2) is 5.48. The molecule has 3 N–H and O–H groups in total. The van der Waals surface area contributed by atoms with Gasteiger partial charge in [0.1, 0.15) is 6.73 Å². The van der Waals surface area contributed by atoms with Crippen LogP contribution in [0, 0.1) is 5.41 Å². The second-order valence-electron chi connectivity index (χ2n) is 5.96. The third-order valence-corrected chi connectivity index (χ3v) is 4.71. The van der Waals surface area contributed by atoms with Gasteiger partial charge in [-0.2, -0.15) is 0 Å². The van der Waals surface area contributed by atoms with Crippen LogP contribution in [0.2, 0.25) is 0 Å². The van der Waals surface area contributed by atoms with Gasteiger partial charge in [0.15, 0.2) is 0 Å². The predicted octanol–water partition coefficient (Wildman–Crippen LogP) is 0.751. The number of aliphatic hydroxyl groups excluding tert-OH is 1. The Morgan fingerprint density at radius 1 is 1.33 bits per heavy atom. The minimum Gasteiger partial charge on any atom is -0.376 e. The van der Waals surface area contributed by atoms with Gasteiger partial charge in [-0.3, -0.25) is 9.59 Å². The van der Waals surface area contributed by atoms with E-state index in [1.807, 2.05) is 12.1 Å². The molecule has 1 aromatic rings. The van der Waals surface area contributed by atoms with Gasteiger partial charge < -0.3 is 15.7 Å². The molecular weight excluding hydrogens is 268 g/mol. The highest BCUT2D eigenvalue weighted by Gasteiger charge is 2.42. The molecule has 0 saturated carbocycles. The predicted molar refractivity (Wildman–Crippen MR) is 77.7 cm³/mol. The molecule has 5 nitrogen and oxygen atoms in total. The third-order valence-electron chi connectivity index (χ3n) is 4.71. The van der Waals surface area contributed by atoms with E-state index in [9.17, 15) is 9.59 Å². The second-order valence-corrected chi connectivity index (χ2v) is 5.96. The van der Waals surface area contributed by atoms with Gasteiger partial charge in [0.05, 0.1) is 5.41 Å². The molecule has 0 aromatic heterocycles. The van der Waals surface area contributed by atoms with E-state index in [0.717, 1.165) is 44.2 Å². The molecule has 1 aliphatic heterocycles. The fourth-order valence-electron chi connectivity index (χ4n) is 3.51. The average molecular weight is 288 g/mol. The quantitative estimate of drug-likeness (QED) is 0.703. The molecular formula is C16H20N2O3. The zero-order valence-corrected chi connectivity index (χ0v) is 11.9. The zero-order chi connectivity index (χ0) is 14.9. The summed E-state index contributed by atoms with van der Waals surface area (Å²) in [5.41, 5.74) is 2.62. The van der Waals surface area contributed by atoms with E-state index >= 15 is 0 Å². The number of amides is 2. The van der Waals surface area contributed by atoms with Crippen LogP contribution in [0.1, 0.15) is 40.7 Å². The molecule has 112 valence electrons. The fourth-order valence-corrected chi connectivity index (χ4v) is 3.51. The number of aryl methyl sites for hydroxylation is 1. The third kappa shape index (κ3) is 2.53. The van der Waals surface area contributed by atoms with Gasteiger partial charge in [0.2, 0.25) is 5.91 Å². The maximum absolute atomic E-state index is 12.2. The Morgan fingerprint density at radius 3 is 2.95 bits per heavy atom. The van der Waals surface area contributed by atoms with Crippen molar-refractivity contribution in [1.29, 1.82) is 0 Å². The van der Waals surface area contributed by atoms with Crippen molar-refractivity contribution < 1.29 is 14.7 Å². The minimum absolute atomic E-state index is 0.182. The van der Waals surface area contributed by atoms with Crippen molar-refractivity contribution in [1.82, 2.24) is 10.6 Å². The number of piperidine rings is 1. The zero-order valence-electron chi connectivity index (χ0n) is 11.9. The summed E-state index contributed by atoms with van der Waals surface area (Å²) in [7, 11) is 0. The highest BCUT2D eigenvalue weighted by molar-refractivity contribution is 5.94. The molecule has 1 heterocycles. The van der Waals surface area contributed by atoms with Crippen LogP contribution in [-0.2, 0) is 17.6 Å². The molecule has 1 aliphatic carbocycles. The normalized spacial score (nSPS) is 24.3. The molecule has 1 spiro atoms. The number of rotatable bonds is 2. The Kier molecular flexibility index (Phi) is 3.68. The molecule has 21 heavy (non-hydrogen) atoms. The van der Waals surface area contributed by atoms with E-state index in [4.69, 9.17) is 5.11 Å². The van der Waals surface area contributed by atoms with Crippen LogP contribution in [0.5, 0.6) is 0 Å². The average Bonchev–Trinajstić information content (AvgIpc) is 2.50. The summed E-state index contributed by atoms with van der Waals surface area (Å²) < 4.78 is 0. The summed E-state index contributed by atoms with van der Waals surface area (Å²) in [4.78, 5) is 24.0. The van der Waals surface area contributed by atoms with Gasteiger partial charge in [0.25, 0.3) is 5.91 Å². The van der Waals surface area contributed by atoms with E-state index in [-0.39, 0.29) is 24.0 Å². The fraction of sp³-hybridized carbons (Fsp3) is 0.500. The van der Waals surface area contributed by atoms with Crippen molar-refractivity contribution >= 4 is 11.8 Å². The Balaban J connectivity index is 1.84. The van der Waals surface area contributed by atoms with Crippen molar-refractivity contribution in [2.24, 2.45) is 5.41 Å². The van der Waals surface area contributed by atoms with Gasteiger partial charge in [0, 0.05) is 12.1 Å². The number of benzene rings is 1. The Hall–Kier alpha value is -1.88. The number of hydrogen-bond acceptors (Lipinski definition) is 3. The molecule has 5 heteroatoms. The van der Waals surface area contributed by atoms with Gasteiger partial charge in [-0.05, 0) is 55.4 Å². The lowest BCUT2D eigenvalue weighted by molar-refractivity contribution is -0.134. The van der Waals surface area contributed by atoms with Crippen molar-refractivity contribution in [2.45, 2.75) is 32.1 Å². The SMILES string of the molecule is O=C(NCO)c1ccc2c(c1)CC[C@]1(CCCNC1=O)C2. The number of carbonyl (C=O) groups is 2. The lowest BCUT2D eigenvalue weighted by atomic mass is 9.67. The number of hydrogen-bond donors (Lipinski definition) is 3. The number of fused-ring (bicyclic) bond motifs is 1. The van der Waals surface area contributed by atoms with Crippen LogP contribution in [0.25, 0.3) is 0 Å². The van der Waals surface area contributed by atoms with Crippen LogP contribution in [0.15, 0.2) is 18.2 Å². The van der Waals surface area contributed by atoms with Crippen molar-refractivity contribution in [3.8, 4) is 0 Å². The molecule has 0 radical (unpaired) electrons. The molecule has 3 rings (SSSR count). The first kappa shape index (κ1) is 14.1. The van der Waals surface area contributed by atoms with Gasteiger partial charge in [-0.25, -0.2) is 0 Å². The van der Waals surface area contributed by atoms with Crippen molar-refractivity contribution in [2.75, 3.05) is 13.3 Å². The van der Waals surface area contributed by atoms with E-state index in [1.54, 1.807) is 6.07 Å². The number of nitrogens with one attached hydrogen (secondary N) is 2. The first-order valence-corrected chi connectivity index (χ1v) is 7.44. The first-order chi connectivity index (χ1) is 10.1. The van der Waals surface area contributed by atoms with Gasteiger partial charge in [-0.1, -0.05) is 6.07 Å². The van der Waals surface area contributed by atoms with Crippen molar-refractivity contribution in [3.05, 3.63) is 34.9 Å². The maximum Gasteiger partial charge on any atom is 0.253 e. The van der Waals surface area contributed by atoms with Crippen LogP contribution >= 0.6 is 0 Å². The maximum atomic E-state index is 12.2. The molecule has 1 fully saturated rings. The smallest absolute Gasteiger partial charge is 0.253 e. The molecule has 0 unspecified atom stereocenters. The van der Waals surface area contributed by atoms with E-state index in [1.165, 1.54) is 5.56 Å².